The van der Waals surface area contributed by atoms with Crippen LogP contribution < -0.4 is 16.0 Å². The van der Waals surface area contributed by atoms with E-state index in [1.165, 1.54) is 30.5 Å². The highest BCUT2D eigenvalue weighted by atomic mass is 19.1. The first kappa shape index (κ1) is 21.8. The molecule has 0 spiro atoms. The molecule has 0 fully saturated rings. The molecule has 3 N–H and O–H groups in total. The summed E-state index contributed by atoms with van der Waals surface area (Å²) in [6.45, 7) is 2.00. The Hall–Kier alpha value is -4.40. The van der Waals surface area contributed by atoms with E-state index in [1.807, 2.05) is 42.6 Å². The van der Waals surface area contributed by atoms with Crippen molar-refractivity contribution in [3.05, 3.63) is 96.0 Å². The third kappa shape index (κ3) is 5.45. The predicted molar refractivity (Wildman–Crippen MR) is 122 cm³/mol. The van der Waals surface area contributed by atoms with Gasteiger partial charge in [0.25, 0.3) is 5.91 Å². The van der Waals surface area contributed by atoms with Crippen LogP contribution in [0.2, 0.25) is 0 Å². The Labute approximate surface area is 189 Å². The van der Waals surface area contributed by atoms with Crippen molar-refractivity contribution in [3.63, 3.8) is 0 Å². The van der Waals surface area contributed by atoms with Gasteiger partial charge in [0.2, 0.25) is 0 Å². The van der Waals surface area contributed by atoms with Crippen LogP contribution in [0.4, 0.5) is 20.6 Å². The maximum Gasteiger partial charge on any atom is 0.319 e. The number of amides is 3. The number of hydrogen-bond donors (Lipinski definition) is 3. The number of anilines is 2. The predicted octanol–water partition coefficient (Wildman–Crippen LogP) is 4.53. The van der Waals surface area contributed by atoms with E-state index >= 15 is 0 Å². The van der Waals surface area contributed by atoms with Crippen molar-refractivity contribution < 1.29 is 18.4 Å². The third-order valence-electron chi connectivity index (χ3n) is 4.91. The van der Waals surface area contributed by atoms with Crippen molar-refractivity contribution in [1.29, 1.82) is 0 Å². The first-order valence-electron chi connectivity index (χ1n) is 10.3. The number of carbonyl (C=O) groups excluding carboxylic acids is 2. The minimum Gasteiger partial charge on any atom is -0.469 e. The molecule has 33 heavy (non-hydrogen) atoms. The van der Waals surface area contributed by atoms with Crippen LogP contribution >= 0.6 is 0 Å². The van der Waals surface area contributed by atoms with Crippen LogP contribution in [-0.2, 0) is 6.42 Å². The van der Waals surface area contributed by atoms with Crippen molar-refractivity contribution in [2.45, 2.75) is 13.3 Å². The van der Waals surface area contributed by atoms with E-state index in [0.717, 1.165) is 11.4 Å². The fourth-order valence-electron chi connectivity index (χ4n) is 3.21. The van der Waals surface area contributed by atoms with Crippen LogP contribution in [0, 0.1) is 12.7 Å². The molecular formula is C24H22FN5O3. The Morgan fingerprint density at radius 2 is 1.88 bits per heavy atom. The Morgan fingerprint density at radius 3 is 2.64 bits per heavy atom. The first-order chi connectivity index (χ1) is 16.0. The van der Waals surface area contributed by atoms with Gasteiger partial charge in [0.15, 0.2) is 0 Å². The monoisotopic (exact) mass is 447 g/mol. The van der Waals surface area contributed by atoms with Gasteiger partial charge in [0.05, 0.1) is 28.9 Å². The minimum absolute atomic E-state index is 0.0511. The molecule has 2 aromatic carbocycles. The summed E-state index contributed by atoms with van der Waals surface area (Å²) in [7, 11) is 0. The molecule has 0 radical (unpaired) electrons. The highest BCUT2D eigenvalue weighted by molar-refractivity contribution is 6.05. The average molecular weight is 447 g/mol. The first-order valence-corrected chi connectivity index (χ1v) is 10.3. The number of urea groups is 1. The summed E-state index contributed by atoms with van der Waals surface area (Å²) < 4.78 is 21.0. The molecule has 168 valence electrons. The van der Waals surface area contributed by atoms with Crippen molar-refractivity contribution in [1.82, 2.24) is 15.1 Å². The van der Waals surface area contributed by atoms with Crippen LogP contribution in [0.3, 0.4) is 0 Å². The second-order valence-electron chi connectivity index (χ2n) is 7.26. The van der Waals surface area contributed by atoms with E-state index in [2.05, 4.69) is 21.0 Å². The van der Waals surface area contributed by atoms with E-state index in [1.54, 1.807) is 11.6 Å². The molecule has 9 heteroatoms. The van der Waals surface area contributed by atoms with Gasteiger partial charge in [-0.05, 0) is 49.4 Å². The number of furan rings is 1. The maximum absolute atomic E-state index is 14.1. The molecule has 0 unspecified atom stereocenters. The molecule has 0 aliphatic carbocycles. The van der Waals surface area contributed by atoms with Gasteiger partial charge in [-0.2, -0.15) is 5.10 Å². The molecule has 8 nitrogen and oxygen atoms in total. The zero-order valence-electron chi connectivity index (χ0n) is 17.8. The van der Waals surface area contributed by atoms with Crippen LogP contribution in [0.15, 0.2) is 77.5 Å². The molecule has 0 bridgehead atoms. The lowest BCUT2D eigenvalue weighted by atomic mass is 10.2. The molecule has 0 aliphatic heterocycles. The number of rotatable bonds is 7. The van der Waals surface area contributed by atoms with Crippen molar-refractivity contribution in [3.8, 4) is 5.69 Å². The van der Waals surface area contributed by atoms with Crippen molar-refractivity contribution >= 4 is 23.3 Å². The lowest BCUT2D eigenvalue weighted by Crippen LogP contribution is -2.30. The zero-order valence-corrected chi connectivity index (χ0v) is 17.8. The fourth-order valence-corrected chi connectivity index (χ4v) is 3.21. The number of hydrogen-bond acceptors (Lipinski definition) is 4. The summed E-state index contributed by atoms with van der Waals surface area (Å²) in [4.78, 5) is 24.5. The van der Waals surface area contributed by atoms with E-state index < -0.39 is 17.8 Å². The number of halogens is 1. The molecule has 2 heterocycles. The van der Waals surface area contributed by atoms with Gasteiger partial charge in [-0.25, -0.2) is 13.9 Å². The second kappa shape index (κ2) is 9.82. The molecule has 0 aliphatic rings. The highest BCUT2D eigenvalue weighted by Crippen LogP contribution is 2.21. The SMILES string of the molecule is Cc1occc1C(=O)Nc1cc(NC(=O)NCCc2ccn(-c3ccccc3)n2)ccc1F. The Bertz CT molecular complexity index is 1270. The number of nitrogens with zero attached hydrogens (tertiary/aromatic N) is 2. The van der Waals surface area contributed by atoms with Gasteiger partial charge in [-0.3, -0.25) is 4.79 Å². The van der Waals surface area contributed by atoms with E-state index in [9.17, 15) is 14.0 Å². The van der Waals surface area contributed by atoms with Crippen LogP contribution in [0.25, 0.3) is 5.69 Å². The smallest absolute Gasteiger partial charge is 0.319 e. The van der Waals surface area contributed by atoms with Gasteiger partial charge in [-0.1, -0.05) is 18.2 Å². The largest absolute Gasteiger partial charge is 0.469 e. The van der Waals surface area contributed by atoms with Crippen molar-refractivity contribution in [2.24, 2.45) is 0 Å². The summed E-state index contributed by atoms with van der Waals surface area (Å²) in [5.41, 5.74) is 2.38. The average Bonchev–Trinajstić information content (AvgIpc) is 3.46. The minimum atomic E-state index is -0.621. The zero-order chi connectivity index (χ0) is 23.2. The van der Waals surface area contributed by atoms with E-state index in [4.69, 9.17) is 4.42 Å². The molecule has 2 aromatic heterocycles. The van der Waals surface area contributed by atoms with Gasteiger partial charge in [0.1, 0.15) is 11.6 Å². The molecule has 0 atom stereocenters. The number of para-hydroxylation sites is 1. The second-order valence-corrected chi connectivity index (χ2v) is 7.26. The Kier molecular flexibility index (Phi) is 6.49. The fraction of sp³-hybridized carbons (Fsp3) is 0.125. The number of aromatic nitrogens is 2. The summed E-state index contributed by atoms with van der Waals surface area (Å²) in [5.74, 6) is -0.698. The van der Waals surface area contributed by atoms with Crippen molar-refractivity contribution in [2.75, 3.05) is 17.2 Å². The molecule has 4 rings (SSSR count). The summed E-state index contributed by atoms with van der Waals surface area (Å²) in [5, 5.41) is 12.4. The topological polar surface area (TPSA) is 101 Å². The van der Waals surface area contributed by atoms with Gasteiger partial charge in [0, 0.05) is 24.8 Å². The summed E-state index contributed by atoms with van der Waals surface area (Å²) >= 11 is 0. The Balaban J connectivity index is 1.30. The number of benzene rings is 2. The van der Waals surface area contributed by atoms with E-state index in [0.29, 0.717) is 30.0 Å². The lowest BCUT2D eigenvalue weighted by Gasteiger charge is -2.10. The summed E-state index contributed by atoms with van der Waals surface area (Å²) in [6.07, 6.45) is 3.79. The number of carbonyl (C=O) groups is 2. The lowest BCUT2D eigenvalue weighted by molar-refractivity contribution is 0.102. The van der Waals surface area contributed by atoms with Crippen LogP contribution in [-0.4, -0.2) is 28.3 Å². The highest BCUT2D eigenvalue weighted by Gasteiger charge is 2.14. The Morgan fingerprint density at radius 1 is 1.06 bits per heavy atom. The van der Waals surface area contributed by atoms with Crippen LogP contribution in [0.1, 0.15) is 21.8 Å². The summed E-state index contributed by atoms with van der Waals surface area (Å²) in [6, 6.07) is 16.6. The van der Waals surface area contributed by atoms with Gasteiger partial charge < -0.3 is 20.4 Å². The van der Waals surface area contributed by atoms with E-state index in [-0.39, 0.29) is 5.69 Å². The molecule has 0 saturated carbocycles. The molecular weight excluding hydrogens is 425 g/mol. The third-order valence-corrected chi connectivity index (χ3v) is 4.91. The van der Waals surface area contributed by atoms with Crippen LogP contribution in [0.5, 0.6) is 0 Å². The number of aryl methyl sites for hydroxylation is 1. The maximum atomic E-state index is 14.1. The standard InChI is InChI=1S/C24H22FN5O3/c1-16-20(11-14-33-16)23(31)28-22-15-18(7-8-21(22)25)27-24(32)26-12-9-17-10-13-30(29-17)19-5-3-2-4-6-19/h2-8,10-11,13-15H,9,12H2,1H3,(H,28,31)(H2,26,27,32). The normalized spacial score (nSPS) is 10.6. The molecule has 3 amide bonds. The molecule has 0 saturated heterocycles. The van der Waals surface area contributed by atoms with Gasteiger partial charge in [-0.15, -0.1) is 0 Å². The molecule has 4 aromatic rings. The number of nitrogens with one attached hydrogen (secondary N) is 3. The quantitative estimate of drug-likeness (QED) is 0.387. The van der Waals surface area contributed by atoms with Gasteiger partial charge >= 0.3 is 6.03 Å².